The summed E-state index contributed by atoms with van der Waals surface area (Å²) >= 11 is 0. The number of nitrogens with zero attached hydrogens (tertiary/aromatic N) is 1. The van der Waals surface area contributed by atoms with Gasteiger partial charge in [-0.3, -0.25) is 0 Å². The standard InChI is InChI=1S/C16H25N3O/c1-3-19(15-9-4-5-10-15)16(20)18-14-8-6-7-13(11-14)12(2)17/h6-8,11-12,15H,3-5,9-10,17H2,1-2H3,(H,18,20). The van der Waals surface area contributed by atoms with Gasteiger partial charge >= 0.3 is 6.03 Å². The van der Waals surface area contributed by atoms with Crippen molar-refractivity contribution in [1.29, 1.82) is 0 Å². The first-order chi connectivity index (χ1) is 9.61. The van der Waals surface area contributed by atoms with E-state index in [1.54, 1.807) is 0 Å². The molecule has 0 spiro atoms. The van der Waals surface area contributed by atoms with Crippen LogP contribution in [0.15, 0.2) is 24.3 Å². The maximum atomic E-state index is 12.4. The molecule has 1 fully saturated rings. The molecular weight excluding hydrogens is 250 g/mol. The lowest BCUT2D eigenvalue weighted by Crippen LogP contribution is -2.41. The number of nitrogens with one attached hydrogen (secondary N) is 1. The highest BCUT2D eigenvalue weighted by molar-refractivity contribution is 5.89. The van der Waals surface area contributed by atoms with Crippen molar-refractivity contribution >= 4 is 11.7 Å². The summed E-state index contributed by atoms with van der Waals surface area (Å²) in [5.41, 5.74) is 7.73. The lowest BCUT2D eigenvalue weighted by molar-refractivity contribution is 0.192. The number of urea groups is 1. The van der Waals surface area contributed by atoms with E-state index in [-0.39, 0.29) is 12.1 Å². The van der Waals surface area contributed by atoms with Crippen molar-refractivity contribution < 1.29 is 4.79 Å². The van der Waals surface area contributed by atoms with Crippen molar-refractivity contribution in [2.45, 2.75) is 51.6 Å². The van der Waals surface area contributed by atoms with Gasteiger partial charge in [0.05, 0.1) is 0 Å². The number of carbonyl (C=O) groups excluding carboxylic acids is 1. The van der Waals surface area contributed by atoms with Crippen molar-refractivity contribution in [2.24, 2.45) is 5.73 Å². The molecule has 1 atom stereocenters. The van der Waals surface area contributed by atoms with Crippen molar-refractivity contribution in [3.63, 3.8) is 0 Å². The van der Waals surface area contributed by atoms with Crippen LogP contribution in [-0.2, 0) is 0 Å². The van der Waals surface area contributed by atoms with Gasteiger partial charge in [-0.25, -0.2) is 4.79 Å². The molecule has 1 aromatic rings. The second kappa shape index (κ2) is 6.75. The van der Waals surface area contributed by atoms with Crippen molar-refractivity contribution in [3.8, 4) is 0 Å². The van der Waals surface area contributed by atoms with E-state index in [2.05, 4.69) is 5.32 Å². The van der Waals surface area contributed by atoms with E-state index >= 15 is 0 Å². The molecule has 0 aliphatic heterocycles. The lowest BCUT2D eigenvalue weighted by atomic mass is 10.1. The Morgan fingerprint density at radius 3 is 2.75 bits per heavy atom. The van der Waals surface area contributed by atoms with Crippen LogP contribution < -0.4 is 11.1 Å². The van der Waals surface area contributed by atoms with Gasteiger partial charge in [0.2, 0.25) is 0 Å². The SMILES string of the molecule is CCN(C(=O)Nc1cccc(C(C)N)c1)C1CCCC1. The summed E-state index contributed by atoms with van der Waals surface area (Å²) in [5.74, 6) is 0. The molecule has 1 aliphatic carbocycles. The first-order valence-corrected chi connectivity index (χ1v) is 7.55. The van der Waals surface area contributed by atoms with Crippen LogP contribution in [-0.4, -0.2) is 23.5 Å². The van der Waals surface area contributed by atoms with Crippen LogP contribution in [0.4, 0.5) is 10.5 Å². The average Bonchev–Trinajstić information content (AvgIpc) is 2.93. The molecule has 4 heteroatoms. The van der Waals surface area contributed by atoms with Crippen LogP contribution in [0.3, 0.4) is 0 Å². The normalized spacial score (nSPS) is 16.9. The molecule has 3 N–H and O–H groups in total. The second-order valence-corrected chi connectivity index (χ2v) is 5.57. The Morgan fingerprint density at radius 2 is 2.15 bits per heavy atom. The second-order valence-electron chi connectivity index (χ2n) is 5.57. The zero-order valence-corrected chi connectivity index (χ0v) is 12.4. The predicted molar refractivity (Wildman–Crippen MR) is 82.7 cm³/mol. The molecule has 0 saturated heterocycles. The molecule has 0 aromatic heterocycles. The zero-order valence-electron chi connectivity index (χ0n) is 12.4. The smallest absolute Gasteiger partial charge is 0.322 e. The Morgan fingerprint density at radius 1 is 1.45 bits per heavy atom. The van der Waals surface area contributed by atoms with Gasteiger partial charge in [-0.1, -0.05) is 25.0 Å². The van der Waals surface area contributed by atoms with Gasteiger partial charge in [0.1, 0.15) is 0 Å². The predicted octanol–water partition coefficient (Wildman–Crippen LogP) is 3.50. The van der Waals surface area contributed by atoms with Gasteiger partial charge < -0.3 is 16.0 Å². The summed E-state index contributed by atoms with van der Waals surface area (Å²) in [6.45, 7) is 4.73. The number of nitrogens with two attached hydrogens (primary N) is 1. The van der Waals surface area contributed by atoms with Crippen LogP contribution in [0.1, 0.15) is 51.1 Å². The lowest BCUT2D eigenvalue weighted by Gasteiger charge is -2.28. The summed E-state index contributed by atoms with van der Waals surface area (Å²) in [6, 6.07) is 8.15. The Bertz CT molecular complexity index is 453. The van der Waals surface area contributed by atoms with Gasteiger partial charge in [0.25, 0.3) is 0 Å². The number of hydrogen-bond acceptors (Lipinski definition) is 2. The van der Waals surface area contributed by atoms with Crippen molar-refractivity contribution in [1.82, 2.24) is 4.90 Å². The molecule has 1 aromatic carbocycles. The van der Waals surface area contributed by atoms with Crippen LogP contribution in [0.2, 0.25) is 0 Å². The number of carbonyl (C=O) groups is 1. The van der Waals surface area contributed by atoms with Crippen molar-refractivity contribution in [2.75, 3.05) is 11.9 Å². The minimum atomic E-state index is -0.0241. The molecule has 1 saturated carbocycles. The minimum Gasteiger partial charge on any atom is -0.324 e. The monoisotopic (exact) mass is 275 g/mol. The summed E-state index contributed by atoms with van der Waals surface area (Å²) in [4.78, 5) is 14.3. The molecule has 20 heavy (non-hydrogen) atoms. The van der Waals surface area contributed by atoms with E-state index in [1.807, 2.05) is 43.0 Å². The number of amides is 2. The van der Waals surface area contributed by atoms with Crippen LogP contribution in [0.25, 0.3) is 0 Å². The summed E-state index contributed by atoms with van der Waals surface area (Å²) in [6.07, 6.45) is 4.71. The fraction of sp³-hybridized carbons (Fsp3) is 0.562. The third-order valence-electron chi connectivity index (χ3n) is 4.03. The molecule has 0 radical (unpaired) electrons. The summed E-state index contributed by atoms with van der Waals surface area (Å²) in [5, 5.41) is 3.00. The van der Waals surface area contributed by atoms with Crippen LogP contribution in [0, 0.1) is 0 Å². The van der Waals surface area contributed by atoms with Gasteiger partial charge in [-0.15, -0.1) is 0 Å². The van der Waals surface area contributed by atoms with Crippen LogP contribution in [0.5, 0.6) is 0 Å². The van der Waals surface area contributed by atoms with Gasteiger partial charge in [-0.05, 0) is 44.4 Å². The highest BCUT2D eigenvalue weighted by atomic mass is 16.2. The first-order valence-electron chi connectivity index (χ1n) is 7.55. The average molecular weight is 275 g/mol. The molecule has 1 unspecified atom stereocenters. The van der Waals surface area contributed by atoms with Gasteiger partial charge in [0, 0.05) is 24.3 Å². The fourth-order valence-electron chi connectivity index (χ4n) is 2.88. The molecule has 2 rings (SSSR count). The van der Waals surface area contributed by atoms with E-state index in [0.717, 1.165) is 30.6 Å². The summed E-state index contributed by atoms with van der Waals surface area (Å²) < 4.78 is 0. The number of hydrogen-bond donors (Lipinski definition) is 2. The van der Waals surface area contributed by atoms with Gasteiger partial charge in [0.15, 0.2) is 0 Å². The van der Waals surface area contributed by atoms with Gasteiger partial charge in [-0.2, -0.15) is 0 Å². The van der Waals surface area contributed by atoms with E-state index in [9.17, 15) is 4.79 Å². The molecule has 0 bridgehead atoms. The Labute approximate surface area is 121 Å². The molecule has 4 nitrogen and oxygen atoms in total. The van der Waals surface area contributed by atoms with E-state index < -0.39 is 0 Å². The zero-order chi connectivity index (χ0) is 14.5. The molecule has 0 heterocycles. The quantitative estimate of drug-likeness (QED) is 0.883. The Balaban J connectivity index is 2.04. The molecular formula is C16H25N3O. The third-order valence-corrected chi connectivity index (χ3v) is 4.03. The van der Waals surface area contributed by atoms with E-state index in [1.165, 1.54) is 12.8 Å². The molecule has 2 amide bonds. The van der Waals surface area contributed by atoms with Crippen molar-refractivity contribution in [3.05, 3.63) is 29.8 Å². The van der Waals surface area contributed by atoms with Crippen LogP contribution >= 0.6 is 0 Å². The minimum absolute atomic E-state index is 0.00113. The number of benzene rings is 1. The third kappa shape index (κ3) is 3.51. The Hall–Kier alpha value is -1.55. The van der Waals surface area contributed by atoms with E-state index in [0.29, 0.717) is 6.04 Å². The highest BCUT2D eigenvalue weighted by Gasteiger charge is 2.25. The largest absolute Gasteiger partial charge is 0.324 e. The first kappa shape index (κ1) is 14.9. The topological polar surface area (TPSA) is 58.4 Å². The highest BCUT2D eigenvalue weighted by Crippen LogP contribution is 2.24. The number of rotatable bonds is 4. The fourth-order valence-corrected chi connectivity index (χ4v) is 2.88. The Kier molecular flexibility index (Phi) is 5.01. The van der Waals surface area contributed by atoms with E-state index in [4.69, 9.17) is 5.73 Å². The molecule has 1 aliphatic rings. The molecule has 110 valence electrons. The summed E-state index contributed by atoms with van der Waals surface area (Å²) in [7, 11) is 0. The number of anilines is 1. The maximum absolute atomic E-state index is 12.4. The maximum Gasteiger partial charge on any atom is 0.322 e.